The quantitative estimate of drug-likeness (QED) is 0.155. The summed E-state index contributed by atoms with van der Waals surface area (Å²) >= 11 is 0. The van der Waals surface area contributed by atoms with Crippen LogP contribution in [0.4, 0.5) is 17.1 Å². The van der Waals surface area contributed by atoms with Crippen molar-refractivity contribution in [1.82, 2.24) is 0 Å². The highest BCUT2D eigenvalue weighted by Gasteiger charge is 2.19. The highest BCUT2D eigenvalue weighted by atomic mass is 15.1. The molecule has 0 fully saturated rings. The van der Waals surface area contributed by atoms with E-state index in [4.69, 9.17) is 0 Å². The van der Waals surface area contributed by atoms with Crippen LogP contribution in [0.15, 0.2) is 212 Å². The minimum absolute atomic E-state index is 1.11. The number of hydrogen-bond acceptors (Lipinski definition) is 1. The standard InChI is InChI=1S/C50H35N/c1-5-17-36(18-6-1)39-23-15-27-43(33-39)51(42-25-11-4-12-26-42)44-28-16-24-40(34-44)41-31-32-46-45-29-13-14-30-47(45)49(37-19-7-2-8-20-37)50(48(46)35-41)38-21-9-3-10-22-38/h1-35H. The Labute approximate surface area is 299 Å². The van der Waals surface area contributed by atoms with Crippen molar-refractivity contribution in [3.63, 3.8) is 0 Å². The monoisotopic (exact) mass is 649 g/mol. The van der Waals surface area contributed by atoms with Crippen LogP contribution in [0.1, 0.15) is 0 Å². The maximum absolute atomic E-state index is 2.40. The maximum Gasteiger partial charge on any atom is 0.0467 e. The summed E-state index contributed by atoms with van der Waals surface area (Å²) in [6.07, 6.45) is 0. The molecule has 0 aliphatic heterocycles. The SMILES string of the molecule is c1ccc(-c2cccc(N(c3ccccc3)c3cccc(-c4ccc5c(c4)c(-c4ccccc4)c(-c4ccccc4)c4ccccc45)c3)c2)cc1. The summed E-state index contributed by atoms with van der Waals surface area (Å²) < 4.78 is 0. The molecule has 0 bridgehead atoms. The molecule has 0 aliphatic rings. The lowest BCUT2D eigenvalue weighted by molar-refractivity contribution is 1.28. The third-order valence-electron chi connectivity index (χ3n) is 9.81. The zero-order valence-electron chi connectivity index (χ0n) is 28.2. The Morgan fingerprint density at radius 2 is 0.608 bits per heavy atom. The summed E-state index contributed by atoms with van der Waals surface area (Å²) in [6, 6.07) is 76.6. The molecule has 0 saturated heterocycles. The van der Waals surface area contributed by atoms with Crippen molar-refractivity contribution in [2.75, 3.05) is 4.90 Å². The summed E-state index contributed by atoms with van der Waals surface area (Å²) in [5.41, 5.74) is 13.0. The van der Waals surface area contributed by atoms with Gasteiger partial charge in [-0.2, -0.15) is 0 Å². The van der Waals surface area contributed by atoms with Gasteiger partial charge in [-0.1, -0.05) is 170 Å². The Balaban J connectivity index is 1.25. The highest BCUT2D eigenvalue weighted by Crippen LogP contribution is 2.46. The predicted octanol–water partition coefficient (Wildman–Crippen LogP) is 14.1. The summed E-state index contributed by atoms with van der Waals surface area (Å²) in [5.74, 6) is 0. The molecule has 51 heavy (non-hydrogen) atoms. The van der Waals surface area contributed by atoms with Gasteiger partial charge in [0.2, 0.25) is 0 Å². The van der Waals surface area contributed by atoms with E-state index >= 15 is 0 Å². The van der Waals surface area contributed by atoms with Crippen molar-refractivity contribution in [2.24, 2.45) is 0 Å². The van der Waals surface area contributed by atoms with Crippen LogP contribution in [0.3, 0.4) is 0 Å². The van der Waals surface area contributed by atoms with Crippen LogP contribution in [0.2, 0.25) is 0 Å². The van der Waals surface area contributed by atoms with Gasteiger partial charge in [0.05, 0.1) is 0 Å². The number of benzene rings is 9. The number of rotatable bonds is 7. The van der Waals surface area contributed by atoms with Crippen molar-refractivity contribution in [3.05, 3.63) is 212 Å². The second kappa shape index (κ2) is 13.3. The van der Waals surface area contributed by atoms with Crippen LogP contribution < -0.4 is 4.90 Å². The fourth-order valence-electron chi connectivity index (χ4n) is 7.48. The molecule has 0 radical (unpaired) electrons. The van der Waals surface area contributed by atoms with Crippen LogP contribution in [0, 0.1) is 0 Å². The van der Waals surface area contributed by atoms with Crippen LogP contribution in [-0.2, 0) is 0 Å². The van der Waals surface area contributed by atoms with Gasteiger partial charge < -0.3 is 4.90 Å². The number of anilines is 3. The van der Waals surface area contributed by atoms with E-state index in [9.17, 15) is 0 Å². The number of fused-ring (bicyclic) bond motifs is 3. The first-order chi connectivity index (χ1) is 25.3. The van der Waals surface area contributed by atoms with E-state index in [2.05, 4.69) is 217 Å². The lowest BCUT2D eigenvalue weighted by Gasteiger charge is -2.26. The smallest absolute Gasteiger partial charge is 0.0467 e. The lowest BCUT2D eigenvalue weighted by atomic mass is 9.84. The van der Waals surface area contributed by atoms with E-state index in [1.165, 1.54) is 66.1 Å². The van der Waals surface area contributed by atoms with Crippen molar-refractivity contribution < 1.29 is 0 Å². The van der Waals surface area contributed by atoms with E-state index in [1.807, 2.05) is 0 Å². The van der Waals surface area contributed by atoms with E-state index in [0.29, 0.717) is 0 Å². The molecule has 0 unspecified atom stereocenters. The Morgan fingerprint density at radius 1 is 0.216 bits per heavy atom. The molecule has 0 aliphatic carbocycles. The minimum atomic E-state index is 1.11. The van der Waals surface area contributed by atoms with Gasteiger partial charge in [-0.15, -0.1) is 0 Å². The number of para-hydroxylation sites is 1. The fourth-order valence-corrected chi connectivity index (χ4v) is 7.48. The maximum atomic E-state index is 2.40. The average molecular weight is 650 g/mol. The molecule has 0 saturated carbocycles. The summed E-state index contributed by atoms with van der Waals surface area (Å²) in [6.45, 7) is 0. The van der Waals surface area contributed by atoms with Gasteiger partial charge in [0, 0.05) is 17.1 Å². The zero-order valence-corrected chi connectivity index (χ0v) is 28.2. The molecule has 240 valence electrons. The van der Waals surface area contributed by atoms with Gasteiger partial charge in [-0.25, -0.2) is 0 Å². The molecular weight excluding hydrogens is 615 g/mol. The van der Waals surface area contributed by atoms with Gasteiger partial charge in [0.25, 0.3) is 0 Å². The van der Waals surface area contributed by atoms with Crippen molar-refractivity contribution in [1.29, 1.82) is 0 Å². The molecule has 1 heteroatoms. The van der Waals surface area contributed by atoms with Gasteiger partial charge in [0.15, 0.2) is 0 Å². The molecule has 0 aromatic heterocycles. The topological polar surface area (TPSA) is 3.24 Å². The van der Waals surface area contributed by atoms with Crippen LogP contribution >= 0.6 is 0 Å². The fraction of sp³-hybridized carbons (Fsp3) is 0. The summed E-state index contributed by atoms with van der Waals surface area (Å²) in [4.78, 5) is 2.35. The van der Waals surface area contributed by atoms with E-state index in [0.717, 1.165) is 17.1 Å². The molecule has 0 atom stereocenters. The Morgan fingerprint density at radius 3 is 1.20 bits per heavy atom. The molecule has 9 aromatic rings. The molecule has 9 rings (SSSR count). The zero-order chi connectivity index (χ0) is 34.0. The Bertz CT molecular complexity index is 2610. The first kappa shape index (κ1) is 30.4. The molecule has 1 nitrogen and oxygen atoms in total. The largest absolute Gasteiger partial charge is 0.310 e. The molecule has 0 spiro atoms. The minimum Gasteiger partial charge on any atom is -0.310 e. The Hall–Kier alpha value is -6.70. The second-order valence-electron chi connectivity index (χ2n) is 12.9. The van der Waals surface area contributed by atoms with Gasteiger partial charge >= 0.3 is 0 Å². The van der Waals surface area contributed by atoms with Gasteiger partial charge in [0.1, 0.15) is 0 Å². The van der Waals surface area contributed by atoms with E-state index < -0.39 is 0 Å². The van der Waals surface area contributed by atoms with Crippen molar-refractivity contribution >= 4 is 38.6 Å². The first-order valence-corrected chi connectivity index (χ1v) is 17.5. The normalized spacial score (nSPS) is 11.1. The molecule has 0 amide bonds. The molecule has 0 N–H and O–H groups in total. The van der Waals surface area contributed by atoms with Crippen LogP contribution in [0.5, 0.6) is 0 Å². The third kappa shape index (κ3) is 5.75. The van der Waals surface area contributed by atoms with Crippen molar-refractivity contribution in [3.8, 4) is 44.5 Å². The number of hydrogen-bond donors (Lipinski definition) is 0. The molecular formula is C50H35N. The summed E-state index contributed by atoms with van der Waals surface area (Å²) in [5, 5.41) is 5.03. The highest BCUT2D eigenvalue weighted by molar-refractivity contribution is 6.22. The van der Waals surface area contributed by atoms with Crippen molar-refractivity contribution in [2.45, 2.75) is 0 Å². The molecule has 0 heterocycles. The second-order valence-corrected chi connectivity index (χ2v) is 12.9. The van der Waals surface area contributed by atoms with Gasteiger partial charge in [-0.3, -0.25) is 0 Å². The van der Waals surface area contributed by atoms with E-state index in [-0.39, 0.29) is 0 Å². The Kier molecular flexibility index (Phi) is 7.92. The molecule has 9 aromatic carbocycles. The van der Waals surface area contributed by atoms with Gasteiger partial charge in [-0.05, 0) is 109 Å². The summed E-state index contributed by atoms with van der Waals surface area (Å²) in [7, 11) is 0. The first-order valence-electron chi connectivity index (χ1n) is 17.5. The predicted molar refractivity (Wildman–Crippen MR) is 218 cm³/mol. The third-order valence-corrected chi connectivity index (χ3v) is 9.81. The van der Waals surface area contributed by atoms with E-state index in [1.54, 1.807) is 0 Å². The number of nitrogens with zero attached hydrogens (tertiary/aromatic N) is 1. The lowest BCUT2D eigenvalue weighted by Crippen LogP contribution is -2.10. The van der Waals surface area contributed by atoms with Crippen LogP contribution in [0.25, 0.3) is 66.1 Å². The van der Waals surface area contributed by atoms with Crippen LogP contribution in [-0.4, -0.2) is 0 Å². The average Bonchev–Trinajstić information content (AvgIpc) is 3.22.